The molecular formula is C18H10ClN5O3S3. The summed E-state index contributed by atoms with van der Waals surface area (Å²) >= 11 is 8.30. The van der Waals surface area contributed by atoms with Crippen molar-refractivity contribution in [3.63, 3.8) is 0 Å². The van der Waals surface area contributed by atoms with Gasteiger partial charge in [0.2, 0.25) is 5.13 Å². The Morgan fingerprint density at radius 3 is 2.67 bits per heavy atom. The van der Waals surface area contributed by atoms with Gasteiger partial charge in [0.05, 0.1) is 16.2 Å². The SMILES string of the molecule is N#Cc1cc(S(=O)(=O)Nc2ncns2)ccc1Oc1ccc(Cl)cc1-c1ccsn1. The standard InChI is InChI=1S/C18H10ClN5O3S3/c19-12-1-3-17(14(8-12)15-5-6-28-23-15)27-16-4-2-13(7-11(16)9-20)30(25,26)24-18-21-10-22-29-18/h1-8,10H,(H,21,22,24). The van der Waals surface area contributed by atoms with Crippen molar-refractivity contribution in [2.45, 2.75) is 4.90 Å². The topological polar surface area (TPSA) is 118 Å². The van der Waals surface area contributed by atoms with Crippen molar-refractivity contribution in [3.8, 4) is 28.8 Å². The molecule has 0 spiro atoms. The number of ether oxygens (including phenoxy) is 1. The summed E-state index contributed by atoms with van der Waals surface area (Å²) in [6, 6.07) is 12.8. The maximum Gasteiger partial charge on any atom is 0.263 e. The highest BCUT2D eigenvalue weighted by Gasteiger charge is 2.19. The highest BCUT2D eigenvalue weighted by Crippen LogP contribution is 2.36. The Balaban J connectivity index is 1.68. The summed E-state index contributed by atoms with van der Waals surface area (Å²) in [7, 11) is -3.93. The minimum Gasteiger partial charge on any atom is -0.455 e. The first-order valence-corrected chi connectivity index (χ1v) is 11.7. The zero-order chi connectivity index (χ0) is 21.1. The van der Waals surface area contributed by atoms with Crippen LogP contribution in [0.15, 0.2) is 59.1 Å². The van der Waals surface area contributed by atoms with Crippen LogP contribution >= 0.6 is 34.7 Å². The van der Waals surface area contributed by atoms with E-state index in [0.717, 1.165) is 11.5 Å². The van der Waals surface area contributed by atoms with E-state index < -0.39 is 10.0 Å². The van der Waals surface area contributed by atoms with E-state index in [0.29, 0.717) is 22.0 Å². The second-order valence-electron chi connectivity index (χ2n) is 5.75. The van der Waals surface area contributed by atoms with E-state index in [1.54, 1.807) is 18.2 Å². The molecule has 0 atom stereocenters. The third kappa shape index (κ3) is 4.27. The lowest BCUT2D eigenvalue weighted by molar-refractivity contribution is 0.482. The summed E-state index contributed by atoms with van der Waals surface area (Å²) in [5, 5.41) is 12.0. The number of benzene rings is 2. The number of nitrogens with zero attached hydrogens (tertiary/aromatic N) is 4. The molecule has 0 amide bonds. The van der Waals surface area contributed by atoms with Crippen LogP contribution in [0.25, 0.3) is 11.3 Å². The number of halogens is 1. The highest BCUT2D eigenvalue weighted by atomic mass is 35.5. The zero-order valence-corrected chi connectivity index (χ0v) is 18.0. The fraction of sp³-hybridized carbons (Fsp3) is 0. The van der Waals surface area contributed by atoms with Gasteiger partial charge in [0, 0.05) is 27.5 Å². The third-order valence-electron chi connectivity index (χ3n) is 3.84. The smallest absolute Gasteiger partial charge is 0.263 e. The Kier molecular flexibility index (Phi) is 5.65. The van der Waals surface area contributed by atoms with Crippen LogP contribution < -0.4 is 9.46 Å². The van der Waals surface area contributed by atoms with Gasteiger partial charge in [0.1, 0.15) is 23.9 Å². The fourth-order valence-electron chi connectivity index (χ4n) is 2.51. The molecule has 150 valence electrons. The molecule has 12 heteroatoms. The molecule has 0 unspecified atom stereocenters. The number of nitriles is 1. The van der Waals surface area contributed by atoms with Crippen LogP contribution in [-0.2, 0) is 10.0 Å². The molecule has 1 N–H and O–H groups in total. The maximum absolute atomic E-state index is 12.5. The van der Waals surface area contributed by atoms with Crippen LogP contribution in [0.3, 0.4) is 0 Å². The van der Waals surface area contributed by atoms with Gasteiger partial charge in [-0.3, -0.25) is 4.72 Å². The molecule has 2 aromatic heterocycles. The fourth-order valence-corrected chi connectivity index (χ4v) is 4.89. The van der Waals surface area contributed by atoms with Crippen molar-refractivity contribution >= 4 is 49.8 Å². The lowest BCUT2D eigenvalue weighted by Crippen LogP contribution is -2.13. The van der Waals surface area contributed by atoms with E-state index >= 15 is 0 Å². The van der Waals surface area contributed by atoms with Crippen LogP contribution in [0.2, 0.25) is 5.02 Å². The largest absolute Gasteiger partial charge is 0.455 e. The predicted molar refractivity (Wildman–Crippen MR) is 115 cm³/mol. The summed E-state index contributed by atoms with van der Waals surface area (Å²) < 4.78 is 41.4. The molecule has 0 aliphatic carbocycles. The highest BCUT2D eigenvalue weighted by molar-refractivity contribution is 7.93. The lowest BCUT2D eigenvalue weighted by atomic mass is 10.1. The van der Waals surface area contributed by atoms with Crippen molar-refractivity contribution in [2.24, 2.45) is 0 Å². The molecule has 0 saturated heterocycles. The molecule has 30 heavy (non-hydrogen) atoms. The Bertz CT molecular complexity index is 1330. The number of aromatic nitrogens is 3. The van der Waals surface area contributed by atoms with Crippen LogP contribution in [0.1, 0.15) is 5.56 Å². The van der Waals surface area contributed by atoms with Crippen LogP contribution in [-0.4, -0.2) is 22.1 Å². The van der Waals surface area contributed by atoms with Crippen LogP contribution in [0.5, 0.6) is 11.5 Å². The summed E-state index contributed by atoms with van der Waals surface area (Å²) in [5.74, 6) is 0.635. The quantitative estimate of drug-likeness (QED) is 0.426. The van der Waals surface area contributed by atoms with Gasteiger partial charge in [0.25, 0.3) is 10.0 Å². The minimum atomic E-state index is -3.93. The number of hydrogen-bond donors (Lipinski definition) is 1. The summed E-state index contributed by atoms with van der Waals surface area (Å²) in [6.07, 6.45) is 1.24. The van der Waals surface area contributed by atoms with Gasteiger partial charge in [-0.25, -0.2) is 13.4 Å². The maximum atomic E-state index is 12.5. The Morgan fingerprint density at radius 1 is 1.13 bits per heavy atom. The molecule has 4 rings (SSSR count). The molecule has 2 heterocycles. The number of rotatable bonds is 6. The lowest BCUT2D eigenvalue weighted by Gasteiger charge is -2.13. The van der Waals surface area contributed by atoms with Crippen LogP contribution in [0.4, 0.5) is 5.13 Å². The second kappa shape index (κ2) is 8.37. The van der Waals surface area contributed by atoms with Crippen molar-refractivity contribution < 1.29 is 13.2 Å². The predicted octanol–water partition coefficient (Wildman–Crippen LogP) is 4.78. The summed E-state index contributed by atoms with van der Waals surface area (Å²) in [5.41, 5.74) is 1.38. The molecule has 4 aromatic rings. The van der Waals surface area contributed by atoms with Gasteiger partial charge in [-0.15, -0.1) is 0 Å². The third-order valence-corrected chi connectivity index (χ3v) is 6.68. The van der Waals surface area contributed by atoms with E-state index in [1.165, 1.54) is 36.1 Å². The van der Waals surface area contributed by atoms with E-state index in [9.17, 15) is 13.7 Å². The molecule has 0 fully saturated rings. The van der Waals surface area contributed by atoms with Gasteiger partial charge in [0.15, 0.2) is 0 Å². The first-order chi connectivity index (χ1) is 14.5. The van der Waals surface area contributed by atoms with Gasteiger partial charge in [-0.2, -0.15) is 14.0 Å². The van der Waals surface area contributed by atoms with E-state index in [1.807, 2.05) is 17.5 Å². The van der Waals surface area contributed by atoms with E-state index in [4.69, 9.17) is 16.3 Å². The molecule has 0 radical (unpaired) electrons. The number of anilines is 1. The second-order valence-corrected chi connectivity index (χ2v) is 9.31. The molecule has 0 bridgehead atoms. The van der Waals surface area contributed by atoms with E-state index in [-0.39, 0.29) is 21.3 Å². The van der Waals surface area contributed by atoms with Crippen molar-refractivity contribution in [2.75, 3.05) is 4.72 Å². The number of sulfonamides is 1. The Morgan fingerprint density at radius 2 is 1.97 bits per heavy atom. The van der Waals surface area contributed by atoms with Crippen molar-refractivity contribution in [1.82, 2.24) is 13.7 Å². The molecule has 2 aromatic carbocycles. The average molecular weight is 476 g/mol. The van der Waals surface area contributed by atoms with Gasteiger partial charge < -0.3 is 4.74 Å². The van der Waals surface area contributed by atoms with Crippen molar-refractivity contribution in [3.05, 3.63) is 64.8 Å². The Hall–Kier alpha value is -3.04. The van der Waals surface area contributed by atoms with Gasteiger partial charge in [-0.1, -0.05) is 11.6 Å². The molecule has 0 saturated carbocycles. The number of nitrogens with one attached hydrogen (secondary N) is 1. The zero-order valence-electron chi connectivity index (χ0n) is 14.8. The normalized spacial score (nSPS) is 11.1. The van der Waals surface area contributed by atoms with E-state index in [2.05, 4.69) is 18.5 Å². The monoisotopic (exact) mass is 475 g/mol. The average Bonchev–Trinajstić information content (AvgIpc) is 3.43. The first kappa shape index (κ1) is 20.2. The van der Waals surface area contributed by atoms with Gasteiger partial charge >= 0.3 is 0 Å². The molecular weight excluding hydrogens is 466 g/mol. The van der Waals surface area contributed by atoms with Crippen molar-refractivity contribution in [1.29, 1.82) is 5.26 Å². The van der Waals surface area contributed by atoms with Crippen LogP contribution in [0, 0.1) is 11.3 Å². The number of hydrogen-bond acceptors (Lipinski definition) is 9. The summed E-state index contributed by atoms with van der Waals surface area (Å²) in [6.45, 7) is 0. The minimum absolute atomic E-state index is 0.0503. The Labute approximate surface area is 184 Å². The van der Waals surface area contributed by atoms with Gasteiger partial charge in [-0.05, 0) is 54.0 Å². The summed E-state index contributed by atoms with van der Waals surface area (Å²) in [4.78, 5) is 3.70. The first-order valence-electron chi connectivity index (χ1n) is 8.18. The molecule has 0 aliphatic rings. The molecule has 8 nitrogen and oxygen atoms in total. The molecule has 0 aliphatic heterocycles.